The standard InChI is InChI=1S/C8H9N7O2S/c9-13-7-5-6(1-2-10-7)18(16,17)15-8-11-3-4-12-14-8/h1-5H,9H2,(H,10,13)(H,11,14,15). The van der Waals surface area contributed by atoms with Gasteiger partial charge in [0.2, 0.25) is 0 Å². The molecule has 0 aliphatic carbocycles. The Balaban J connectivity index is 2.31. The first-order valence-electron chi connectivity index (χ1n) is 4.71. The van der Waals surface area contributed by atoms with Crippen molar-refractivity contribution in [1.82, 2.24) is 20.2 Å². The van der Waals surface area contributed by atoms with Crippen LogP contribution in [0.4, 0.5) is 11.8 Å². The fraction of sp³-hybridized carbons (Fsp3) is 0. The maximum atomic E-state index is 12.0. The van der Waals surface area contributed by atoms with Crippen molar-refractivity contribution in [2.24, 2.45) is 5.84 Å². The fourth-order valence-corrected chi connectivity index (χ4v) is 2.09. The smallest absolute Gasteiger partial charge is 0.264 e. The number of nitrogen functional groups attached to an aromatic ring is 1. The molecule has 2 rings (SSSR count). The summed E-state index contributed by atoms with van der Waals surface area (Å²) in [5, 5.41) is 7.04. The van der Waals surface area contributed by atoms with Gasteiger partial charge in [-0.2, -0.15) is 5.10 Å². The molecule has 0 amide bonds. The second kappa shape index (κ2) is 4.89. The lowest BCUT2D eigenvalue weighted by molar-refractivity contribution is 0.600. The molecule has 94 valence electrons. The number of anilines is 2. The maximum absolute atomic E-state index is 12.0. The Bertz CT molecular complexity index is 631. The van der Waals surface area contributed by atoms with Gasteiger partial charge in [-0.25, -0.2) is 29.0 Å². The average Bonchev–Trinajstić information content (AvgIpc) is 2.39. The number of hydrogen-bond donors (Lipinski definition) is 3. The van der Waals surface area contributed by atoms with E-state index >= 15 is 0 Å². The van der Waals surface area contributed by atoms with E-state index in [2.05, 4.69) is 30.3 Å². The zero-order valence-corrected chi connectivity index (χ0v) is 9.79. The SMILES string of the molecule is NNc1cc(S(=O)(=O)Nc2nccnn2)ccn1. The highest BCUT2D eigenvalue weighted by atomic mass is 32.2. The number of nitrogens with one attached hydrogen (secondary N) is 2. The second-order valence-corrected chi connectivity index (χ2v) is 4.78. The molecule has 10 heteroatoms. The summed E-state index contributed by atoms with van der Waals surface area (Å²) in [4.78, 5) is 7.50. The Morgan fingerprint density at radius 2 is 2.00 bits per heavy atom. The van der Waals surface area contributed by atoms with Crippen LogP contribution in [-0.4, -0.2) is 28.6 Å². The fourth-order valence-electron chi connectivity index (χ4n) is 1.13. The molecule has 18 heavy (non-hydrogen) atoms. The van der Waals surface area contributed by atoms with E-state index in [0.29, 0.717) is 0 Å². The lowest BCUT2D eigenvalue weighted by Gasteiger charge is -2.06. The Morgan fingerprint density at radius 1 is 1.17 bits per heavy atom. The van der Waals surface area contributed by atoms with Gasteiger partial charge in [0.1, 0.15) is 5.82 Å². The highest BCUT2D eigenvalue weighted by Crippen LogP contribution is 2.14. The average molecular weight is 267 g/mol. The van der Waals surface area contributed by atoms with E-state index in [-0.39, 0.29) is 16.7 Å². The molecule has 0 aliphatic heterocycles. The van der Waals surface area contributed by atoms with Crippen molar-refractivity contribution in [3.05, 3.63) is 30.7 Å². The summed E-state index contributed by atoms with van der Waals surface area (Å²) in [7, 11) is -3.80. The third-order valence-corrected chi connectivity index (χ3v) is 3.22. The molecule has 0 unspecified atom stereocenters. The minimum atomic E-state index is -3.80. The van der Waals surface area contributed by atoms with Gasteiger partial charge in [-0.15, -0.1) is 5.10 Å². The van der Waals surface area contributed by atoms with E-state index in [1.54, 1.807) is 0 Å². The van der Waals surface area contributed by atoms with Gasteiger partial charge in [0.15, 0.2) is 0 Å². The predicted molar refractivity (Wildman–Crippen MR) is 62.7 cm³/mol. The Labute approximate surface area is 103 Å². The first-order chi connectivity index (χ1) is 8.62. The molecule has 2 heterocycles. The van der Waals surface area contributed by atoms with Crippen molar-refractivity contribution >= 4 is 21.8 Å². The Morgan fingerprint density at radius 3 is 2.67 bits per heavy atom. The van der Waals surface area contributed by atoms with E-state index in [4.69, 9.17) is 5.84 Å². The lowest BCUT2D eigenvalue weighted by Crippen LogP contribution is -2.16. The van der Waals surface area contributed by atoms with Crippen LogP contribution in [0.5, 0.6) is 0 Å². The molecule has 0 fully saturated rings. The number of pyridine rings is 1. The van der Waals surface area contributed by atoms with Crippen LogP contribution in [-0.2, 0) is 10.0 Å². The molecule has 0 spiro atoms. The molecule has 0 aliphatic rings. The second-order valence-electron chi connectivity index (χ2n) is 3.09. The first-order valence-corrected chi connectivity index (χ1v) is 6.19. The zero-order chi connectivity index (χ0) is 13.0. The van der Waals surface area contributed by atoms with Gasteiger partial charge in [-0.1, -0.05) is 0 Å². The van der Waals surface area contributed by atoms with Crippen LogP contribution in [0.15, 0.2) is 35.6 Å². The third kappa shape index (κ3) is 2.67. The number of aromatic nitrogens is 4. The van der Waals surface area contributed by atoms with Crippen molar-refractivity contribution in [3.63, 3.8) is 0 Å². The predicted octanol–water partition coefficient (Wildman–Crippen LogP) is -0.647. The molecule has 0 bridgehead atoms. The number of nitrogens with two attached hydrogens (primary N) is 1. The van der Waals surface area contributed by atoms with E-state index < -0.39 is 10.0 Å². The Hall–Kier alpha value is -2.33. The molecule has 9 nitrogen and oxygen atoms in total. The van der Waals surface area contributed by atoms with Gasteiger partial charge in [-0.3, -0.25) is 0 Å². The number of sulfonamides is 1. The summed E-state index contributed by atoms with van der Waals surface area (Å²) in [6.45, 7) is 0. The quantitative estimate of drug-likeness (QED) is 0.491. The molecular weight excluding hydrogens is 258 g/mol. The molecule has 0 saturated heterocycles. The van der Waals surface area contributed by atoms with E-state index in [1.807, 2.05) is 0 Å². The molecule has 0 aromatic carbocycles. The van der Waals surface area contributed by atoms with Gasteiger partial charge >= 0.3 is 0 Å². The van der Waals surface area contributed by atoms with Crippen LogP contribution in [0.3, 0.4) is 0 Å². The summed E-state index contributed by atoms with van der Waals surface area (Å²) >= 11 is 0. The van der Waals surface area contributed by atoms with Crippen molar-refractivity contribution in [2.75, 3.05) is 10.1 Å². The molecule has 0 saturated carbocycles. The minimum Gasteiger partial charge on any atom is -0.308 e. The van der Waals surface area contributed by atoms with Crippen LogP contribution >= 0.6 is 0 Å². The molecule has 4 N–H and O–H groups in total. The van der Waals surface area contributed by atoms with Crippen LogP contribution in [0, 0.1) is 0 Å². The molecule has 2 aromatic heterocycles. The summed E-state index contributed by atoms with van der Waals surface area (Å²) in [5.74, 6) is 5.26. The number of rotatable bonds is 4. The van der Waals surface area contributed by atoms with Gasteiger partial charge < -0.3 is 5.43 Å². The largest absolute Gasteiger partial charge is 0.308 e. The minimum absolute atomic E-state index is 0.0158. The molecule has 2 aromatic rings. The molecular formula is C8H9N7O2S. The van der Waals surface area contributed by atoms with Crippen molar-refractivity contribution in [1.29, 1.82) is 0 Å². The summed E-state index contributed by atoms with van der Waals surface area (Å²) in [6.07, 6.45) is 3.97. The summed E-state index contributed by atoms with van der Waals surface area (Å²) in [5.41, 5.74) is 2.26. The summed E-state index contributed by atoms with van der Waals surface area (Å²) in [6, 6.07) is 2.60. The van der Waals surface area contributed by atoms with Crippen LogP contribution < -0.4 is 16.0 Å². The van der Waals surface area contributed by atoms with Crippen LogP contribution in [0.2, 0.25) is 0 Å². The normalized spacial score (nSPS) is 10.9. The maximum Gasteiger partial charge on any atom is 0.264 e. The van der Waals surface area contributed by atoms with Gasteiger partial charge in [0.25, 0.3) is 16.0 Å². The van der Waals surface area contributed by atoms with Gasteiger partial charge in [-0.05, 0) is 6.07 Å². The van der Waals surface area contributed by atoms with E-state index in [1.165, 1.54) is 30.7 Å². The lowest BCUT2D eigenvalue weighted by atomic mass is 10.5. The van der Waals surface area contributed by atoms with Gasteiger partial charge in [0, 0.05) is 12.3 Å². The monoisotopic (exact) mass is 267 g/mol. The van der Waals surface area contributed by atoms with Crippen molar-refractivity contribution in [2.45, 2.75) is 4.90 Å². The third-order valence-electron chi connectivity index (χ3n) is 1.90. The van der Waals surface area contributed by atoms with Crippen LogP contribution in [0.1, 0.15) is 0 Å². The van der Waals surface area contributed by atoms with E-state index in [0.717, 1.165) is 0 Å². The van der Waals surface area contributed by atoms with Crippen molar-refractivity contribution in [3.8, 4) is 0 Å². The summed E-state index contributed by atoms with van der Waals surface area (Å²) < 4.78 is 26.1. The highest BCUT2D eigenvalue weighted by Gasteiger charge is 2.16. The van der Waals surface area contributed by atoms with Crippen molar-refractivity contribution < 1.29 is 8.42 Å². The molecule has 0 radical (unpaired) electrons. The zero-order valence-electron chi connectivity index (χ0n) is 8.98. The number of hydrogen-bond acceptors (Lipinski definition) is 8. The highest BCUT2D eigenvalue weighted by molar-refractivity contribution is 7.92. The molecule has 0 atom stereocenters. The Kier molecular flexibility index (Phi) is 3.30. The topological polar surface area (TPSA) is 136 Å². The first kappa shape index (κ1) is 12.1. The number of hydrazine groups is 1. The van der Waals surface area contributed by atoms with E-state index in [9.17, 15) is 8.42 Å². The van der Waals surface area contributed by atoms with Gasteiger partial charge in [0.05, 0.1) is 17.3 Å². The van der Waals surface area contributed by atoms with Crippen LogP contribution in [0.25, 0.3) is 0 Å². The number of nitrogens with zero attached hydrogens (tertiary/aromatic N) is 4.